The quantitative estimate of drug-likeness (QED) is 0.524. The number of amides is 1. The maximum absolute atomic E-state index is 12.3. The fraction of sp³-hybridized carbons (Fsp3) is 0.600. The largest absolute Gasteiger partial charge is 0.488 e. The Morgan fingerprint density at radius 3 is 2.86 bits per heavy atom. The molecule has 0 spiro atoms. The van der Waals surface area contributed by atoms with Crippen LogP contribution in [0.4, 0.5) is 8.78 Å². The monoisotopic (exact) mass is 396 g/mol. The van der Waals surface area contributed by atoms with E-state index in [0.29, 0.717) is 31.3 Å². The Hall–Kier alpha value is -2.38. The van der Waals surface area contributed by atoms with Crippen LogP contribution in [0, 0.1) is 5.92 Å². The predicted octanol–water partition coefficient (Wildman–Crippen LogP) is 2.64. The topological polar surface area (TPSA) is 66.0 Å². The lowest BCUT2D eigenvalue weighted by atomic mass is 10.2. The summed E-state index contributed by atoms with van der Waals surface area (Å²) in [6.07, 6.45) is -1.63. The molecule has 0 aliphatic carbocycles. The molecule has 156 valence electrons. The first kappa shape index (κ1) is 21.9. The number of hydrogen-bond donors (Lipinski definition) is 2. The Kier molecular flexibility index (Phi) is 8.47. The maximum atomic E-state index is 12.3. The summed E-state index contributed by atoms with van der Waals surface area (Å²) >= 11 is 0. The minimum atomic E-state index is -2.50. The van der Waals surface area contributed by atoms with Gasteiger partial charge in [-0.3, -0.25) is 4.79 Å². The summed E-state index contributed by atoms with van der Waals surface area (Å²) in [4.78, 5) is 18.6. The number of halogens is 2. The van der Waals surface area contributed by atoms with Gasteiger partial charge >= 0.3 is 0 Å². The van der Waals surface area contributed by atoms with Crippen molar-refractivity contribution in [1.82, 2.24) is 15.5 Å². The normalized spacial score (nSPS) is 17.3. The van der Waals surface area contributed by atoms with Crippen LogP contribution in [0.25, 0.3) is 0 Å². The number of rotatable bonds is 8. The van der Waals surface area contributed by atoms with Gasteiger partial charge in [0.25, 0.3) is 6.43 Å². The number of nitrogens with zero attached hydrogens (tertiary/aromatic N) is 2. The Morgan fingerprint density at radius 1 is 1.39 bits per heavy atom. The van der Waals surface area contributed by atoms with Crippen LogP contribution in [0.3, 0.4) is 0 Å². The van der Waals surface area contributed by atoms with Crippen molar-refractivity contribution in [2.45, 2.75) is 46.2 Å². The third kappa shape index (κ3) is 6.98. The van der Waals surface area contributed by atoms with Gasteiger partial charge in [0.05, 0.1) is 6.54 Å². The lowest BCUT2D eigenvalue weighted by molar-refractivity contribution is -0.133. The van der Waals surface area contributed by atoms with Crippen molar-refractivity contribution in [1.29, 1.82) is 0 Å². The zero-order chi connectivity index (χ0) is 20.5. The molecule has 1 unspecified atom stereocenters. The fourth-order valence-electron chi connectivity index (χ4n) is 3.02. The van der Waals surface area contributed by atoms with Gasteiger partial charge in [0.1, 0.15) is 12.4 Å². The Bertz CT molecular complexity index is 667. The van der Waals surface area contributed by atoms with Gasteiger partial charge in [-0.15, -0.1) is 0 Å². The van der Waals surface area contributed by atoms with Gasteiger partial charge < -0.3 is 20.3 Å². The molecular weight excluding hydrogens is 366 g/mol. The predicted molar refractivity (Wildman–Crippen MR) is 106 cm³/mol. The Morgan fingerprint density at radius 2 is 2.18 bits per heavy atom. The number of carbonyl (C=O) groups is 1. The molecule has 0 aromatic heterocycles. The fourth-order valence-corrected chi connectivity index (χ4v) is 3.02. The molecule has 0 radical (unpaired) electrons. The number of likely N-dealkylation sites (tertiary alicyclic amines) is 1. The van der Waals surface area contributed by atoms with Crippen molar-refractivity contribution >= 4 is 11.9 Å². The smallest absolute Gasteiger partial charge is 0.272 e. The van der Waals surface area contributed by atoms with Crippen molar-refractivity contribution < 1.29 is 18.3 Å². The minimum Gasteiger partial charge on any atom is -0.488 e. The number of benzene rings is 1. The Labute approximate surface area is 165 Å². The Balaban J connectivity index is 1.94. The van der Waals surface area contributed by atoms with Gasteiger partial charge in [0.15, 0.2) is 5.96 Å². The van der Waals surface area contributed by atoms with Gasteiger partial charge in [-0.05, 0) is 31.0 Å². The number of aliphatic imine (C=N–C) groups is 1. The molecule has 28 heavy (non-hydrogen) atoms. The third-order valence-electron chi connectivity index (χ3n) is 4.37. The standard InChI is InChI=1S/C20H30F2N4O2/c1-4-23-20(25-16-8-9-26(12-16)19(27)14(2)3)24-11-15-6-5-7-17(10-15)28-13-18(21)22/h5-7,10,14,16,18H,4,8-9,11-13H2,1-3H3,(H2,23,24,25). The lowest BCUT2D eigenvalue weighted by Crippen LogP contribution is -2.45. The van der Waals surface area contributed by atoms with Crippen LogP contribution in [0.5, 0.6) is 5.75 Å². The number of carbonyl (C=O) groups excluding carboxylic acids is 1. The van der Waals surface area contributed by atoms with Crippen molar-refractivity contribution in [3.8, 4) is 5.75 Å². The van der Waals surface area contributed by atoms with E-state index >= 15 is 0 Å². The summed E-state index contributed by atoms with van der Waals surface area (Å²) in [7, 11) is 0. The average Bonchev–Trinajstić information content (AvgIpc) is 3.12. The molecule has 1 aromatic rings. The summed E-state index contributed by atoms with van der Waals surface area (Å²) in [6, 6.07) is 7.16. The molecule has 8 heteroatoms. The van der Waals surface area contributed by atoms with Crippen molar-refractivity contribution in [2.75, 3.05) is 26.2 Å². The number of alkyl halides is 2. The molecule has 1 aliphatic rings. The van der Waals surface area contributed by atoms with Gasteiger partial charge in [-0.2, -0.15) is 0 Å². The average molecular weight is 396 g/mol. The van der Waals surface area contributed by atoms with E-state index in [4.69, 9.17) is 4.74 Å². The lowest BCUT2D eigenvalue weighted by Gasteiger charge is -2.20. The summed E-state index contributed by atoms with van der Waals surface area (Å²) in [5.41, 5.74) is 0.868. The molecule has 1 amide bonds. The second kappa shape index (κ2) is 10.8. The summed E-state index contributed by atoms with van der Waals surface area (Å²) < 4.78 is 29.6. The number of guanidine groups is 1. The molecule has 1 atom stereocenters. The van der Waals surface area contributed by atoms with E-state index in [0.717, 1.165) is 18.5 Å². The molecule has 0 saturated carbocycles. The van der Waals surface area contributed by atoms with Crippen molar-refractivity contribution in [3.05, 3.63) is 29.8 Å². The van der Waals surface area contributed by atoms with E-state index in [1.54, 1.807) is 18.2 Å². The molecule has 1 aromatic carbocycles. The van der Waals surface area contributed by atoms with Crippen LogP contribution < -0.4 is 15.4 Å². The molecule has 0 bridgehead atoms. The zero-order valence-corrected chi connectivity index (χ0v) is 16.8. The summed E-state index contributed by atoms with van der Waals surface area (Å²) in [5, 5.41) is 6.59. The highest BCUT2D eigenvalue weighted by atomic mass is 19.3. The first-order chi connectivity index (χ1) is 13.4. The van der Waals surface area contributed by atoms with Crippen molar-refractivity contribution in [2.24, 2.45) is 10.9 Å². The summed E-state index contributed by atoms with van der Waals surface area (Å²) in [6.45, 7) is 7.70. The van der Waals surface area contributed by atoms with E-state index in [1.165, 1.54) is 0 Å². The molecule has 1 heterocycles. The SMILES string of the molecule is CCNC(=NCc1cccc(OCC(F)F)c1)NC1CCN(C(=O)C(C)C)C1. The highest BCUT2D eigenvalue weighted by molar-refractivity contribution is 5.81. The van der Waals surface area contributed by atoms with E-state index < -0.39 is 13.0 Å². The van der Waals surface area contributed by atoms with Crippen LogP contribution in [-0.4, -0.2) is 55.5 Å². The molecule has 2 N–H and O–H groups in total. The highest BCUT2D eigenvalue weighted by Gasteiger charge is 2.27. The molecule has 6 nitrogen and oxygen atoms in total. The van der Waals surface area contributed by atoms with Gasteiger partial charge in [0.2, 0.25) is 5.91 Å². The van der Waals surface area contributed by atoms with E-state index in [1.807, 2.05) is 31.7 Å². The van der Waals surface area contributed by atoms with Crippen LogP contribution in [-0.2, 0) is 11.3 Å². The highest BCUT2D eigenvalue weighted by Crippen LogP contribution is 2.15. The van der Waals surface area contributed by atoms with E-state index in [-0.39, 0.29) is 17.9 Å². The molecular formula is C20H30F2N4O2. The van der Waals surface area contributed by atoms with E-state index in [2.05, 4.69) is 15.6 Å². The molecule has 1 saturated heterocycles. The van der Waals surface area contributed by atoms with Crippen LogP contribution in [0.2, 0.25) is 0 Å². The number of hydrogen-bond acceptors (Lipinski definition) is 3. The van der Waals surface area contributed by atoms with E-state index in [9.17, 15) is 13.6 Å². The number of ether oxygens (including phenoxy) is 1. The minimum absolute atomic E-state index is 0.000204. The summed E-state index contributed by atoms with van der Waals surface area (Å²) in [5.74, 6) is 1.25. The first-order valence-corrected chi connectivity index (χ1v) is 9.72. The third-order valence-corrected chi connectivity index (χ3v) is 4.37. The van der Waals surface area contributed by atoms with Gasteiger partial charge in [-0.25, -0.2) is 13.8 Å². The van der Waals surface area contributed by atoms with Crippen LogP contribution in [0.1, 0.15) is 32.8 Å². The second-order valence-electron chi connectivity index (χ2n) is 7.11. The van der Waals surface area contributed by atoms with Gasteiger partial charge in [0, 0.05) is 31.6 Å². The van der Waals surface area contributed by atoms with Crippen molar-refractivity contribution in [3.63, 3.8) is 0 Å². The van der Waals surface area contributed by atoms with Gasteiger partial charge in [-0.1, -0.05) is 26.0 Å². The second-order valence-corrected chi connectivity index (χ2v) is 7.11. The van der Waals surface area contributed by atoms with Crippen LogP contribution in [0.15, 0.2) is 29.3 Å². The molecule has 2 rings (SSSR count). The molecule has 1 aliphatic heterocycles. The molecule has 1 fully saturated rings. The zero-order valence-electron chi connectivity index (χ0n) is 16.8. The first-order valence-electron chi connectivity index (χ1n) is 9.72. The van der Waals surface area contributed by atoms with Crippen LogP contribution >= 0.6 is 0 Å². The maximum Gasteiger partial charge on any atom is 0.272 e. The number of nitrogens with one attached hydrogen (secondary N) is 2.